The SMILES string of the molecule is O=C(Cc1ccc(Br)s1)C1C2C3CCC(C3)C12. The van der Waals surface area contributed by atoms with Gasteiger partial charge in [-0.3, -0.25) is 4.79 Å². The van der Waals surface area contributed by atoms with Crippen LogP contribution in [0.1, 0.15) is 24.1 Å². The highest BCUT2D eigenvalue weighted by Gasteiger charge is 2.66. The van der Waals surface area contributed by atoms with Crippen LogP contribution in [0.3, 0.4) is 0 Å². The normalized spacial score (nSPS) is 41.6. The van der Waals surface area contributed by atoms with Gasteiger partial charge in [-0.25, -0.2) is 0 Å². The molecular formula is C14H15BrOS. The van der Waals surface area contributed by atoms with Crippen LogP contribution in [-0.4, -0.2) is 5.78 Å². The van der Waals surface area contributed by atoms with Crippen molar-refractivity contribution in [3.63, 3.8) is 0 Å². The van der Waals surface area contributed by atoms with Gasteiger partial charge < -0.3 is 0 Å². The molecule has 4 rings (SSSR count). The molecule has 1 aromatic heterocycles. The summed E-state index contributed by atoms with van der Waals surface area (Å²) in [6.07, 6.45) is 4.91. The Bertz CT molecular complexity index is 464. The van der Waals surface area contributed by atoms with Crippen LogP contribution in [0.5, 0.6) is 0 Å². The largest absolute Gasteiger partial charge is 0.299 e. The van der Waals surface area contributed by atoms with Crippen molar-refractivity contribution in [1.82, 2.24) is 0 Å². The molecule has 0 aliphatic heterocycles. The van der Waals surface area contributed by atoms with Crippen LogP contribution in [0, 0.1) is 29.6 Å². The van der Waals surface area contributed by atoms with E-state index < -0.39 is 0 Å². The Hall–Kier alpha value is -0.150. The lowest BCUT2D eigenvalue weighted by atomic mass is 9.98. The first-order valence-corrected chi connectivity index (χ1v) is 8.12. The second-order valence-electron chi connectivity index (χ2n) is 5.86. The molecule has 0 aromatic carbocycles. The zero-order chi connectivity index (χ0) is 11.6. The first kappa shape index (κ1) is 10.7. The van der Waals surface area contributed by atoms with E-state index in [1.54, 1.807) is 11.3 Å². The summed E-state index contributed by atoms with van der Waals surface area (Å²) in [5.41, 5.74) is 0. The van der Waals surface area contributed by atoms with E-state index in [1.165, 1.54) is 24.1 Å². The van der Waals surface area contributed by atoms with E-state index in [9.17, 15) is 4.79 Å². The third kappa shape index (κ3) is 1.58. The fraction of sp³-hybridized carbons (Fsp3) is 0.643. The van der Waals surface area contributed by atoms with Gasteiger partial charge in [-0.2, -0.15) is 0 Å². The smallest absolute Gasteiger partial charge is 0.141 e. The number of ketones is 1. The molecule has 0 amide bonds. The lowest BCUT2D eigenvalue weighted by Gasteiger charge is -2.06. The van der Waals surface area contributed by atoms with Crippen LogP contribution in [0.2, 0.25) is 0 Å². The molecular weight excluding hydrogens is 296 g/mol. The standard InChI is InChI=1S/C14H15BrOS/c15-11-4-3-9(17-11)6-10(16)14-12-7-1-2-8(5-7)13(12)14/h3-4,7-8,12-14H,1-2,5-6H2. The molecule has 0 saturated heterocycles. The van der Waals surface area contributed by atoms with E-state index in [2.05, 4.69) is 22.0 Å². The maximum absolute atomic E-state index is 12.3. The van der Waals surface area contributed by atoms with Gasteiger partial charge in [-0.05, 0) is 71.0 Å². The number of carbonyl (C=O) groups is 1. The number of thiophene rings is 1. The second-order valence-corrected chi connectivity index (χ2v) is 8.41. The molecule has 1 aromatic rings. The molecule has 3 aliphatic carbocycles. The van der Waals surface area contributed by atoms with Crippen molar-refractivity contribution >= 4 is 33.0 Å². The first-order valence-electron chi connectivity index (χ1n) is 6.51. The van der Waals surface area contributed by atoms with Crippen molar-refractivity contribution < 1.29 is 4.79 Å². The van der Waals surface area contributed by atoms with Crippen molar-refractivity contribution in [2.24, 2.45) is 29.6 Å². The van der Waals surface area contributed by atoms with Crippen molar-refractivity contribution in [3.8, 4) is 0 Å². The average Bonchev–Trinajstić information content (AvgIpc) is 2.65. The van der Waals surface area contributed by atoms with Crippen LogP contribution in [0.25, 0.3) is 0 Å². The van der Waals surface area contributed by atoms with Crippen molar-refractivity contribution in [2.45, 2.75) is 25.7 Å². The zero-order valence-electron chi connectivity index (χ0n) is 9.56. The van der Waals surface area contributed by atoms with E-state index in [0.29, 0.717) is 18.1 Å². The lowest BCUT2D eigenvalue weighted by molar-refractivity contribution is -0.120. The topological polar surface area (TPSA) is 17.1 Å². The minimum atomic E-state index is 0.446. The molecule has 3 aliphatic rings. The monoisotopic (exact) mass is 310 g/mol. The zero-order valence-corrected chi connectivity index (χ0v) is 12.0. The first-order chi connectivity index (χ1) is 8.24. The van der Waals surface area contributed by atoms with E-state index >= 15 is 0 Å². The van der Waals surface area contributed by atoms with Crippen LogP contribution in [0.15, 0.2) is 15.9 Å². The Morgan fingerprint density at radius 2 is 2.00 bits per heavy atom. The van der Waals surface area contributed by atoms with E-state index in [1.807, 2.05) is 6.07 Å². The molecule has 4 unspecified atom stereocenters. The quantitative estimate of drug-likeness (QED) is 0.827. The van der Waals surface area contributed by atoms with Crippen LogP contribution in [-0.2, 0) is 11.2 Å². The predicted molar refractivity (Wildman–Crippen MR) is 72.0 cm³/mol. The van der Waals surface area contributed by atoms with Gasteiger partial charge in [0, 0.05) is 17.2 Å². The van der Waals surface area contributed by atoms with E-state index in [4.69, 9.17) is 0 Å². The molecule has 2 bridgehead atoms. The van der Waals surface area contributed by atoms with Crippen LogP contribution >= 0.6 is 27.3 Å². The Morgan fingerprint density at radius 3 is 2.59 bits per heavy atom. The number of rotatable bonds is 3. The van der Waals surface area contributed by atoms with Crippen LogP contribution < -0.4 is 0 Å². The Kier molecular flexibility index (Phi) is 2.32. The minimum absolute atomic E-state index is 0.446. The van der Waals surface area contributed by atoms with E-state index in [-0.39, 0.29) is 0 Å². The number of halogens is 1. The number of hydrogen-bond acceptors (Lipinski definition) is 2. The van der Waals surface area contributed by atoms with Gasteiger partial charge in [0.25, 0.3) is 0 Å². The summed E-state index contributed by atoms with van der Waals surface area (Å²) >= 11 is 5.16. The van der Waals surface area contributed by atoms with Gasteiger partial charge >= 0.3 is 0 Å². The fourth-order valence-corrected chi connectivity index (χ4v) is 5.98. The van der Waals surface area contributed by atoms with E-state index in [0.717, 1.165) is 27.5 Å². The molecule has 0 spiro atoms. The van der Waals surface area contributed by atoms with Crippen molar-refractivity contribution in [1.29, 1.82) is 0 Å². The Labute approximate surface area is 114 Å². The second kappa shape index (κ2) is 3.67. The summed E-state index contributed by atoms with van der Waals surface area (Å²) in [7, 11) is 0. The molecule has 0 radical (unpaired) electrons. The third-order valence-corrected chi connectivity index (χ3v) is 6.71. The minimum Gasteiger partial charge on any atom is -0.299 e. The maximum Gasteiger partial charge on any atom is 0.141 e. The predicted octanol–water partition coefficient (Wildman–Crippen LogP) is 3.91. The number of hydrogen-bond donors (Lipinski definition) is 0. The van der Waals surface area contributed by atoms with Gasteiger partial charge in [-0.1, -0.05) is 0 Å². The molecule has 1 heterocycles. The molecule has 90 valence electrons. The van der Waals surface area contributed by atoms with Gasteiger partial charge in [0.2, 0.25) is 0 Å². The Morgan fingerprint density at radius 1 is 1.29 bits per heavy atom. The summed E-state index contributed by atoms with van der Waals surface area (Å²) in [4.78, 5) is 13.5. The average molecular weight is 311 g/mol. The highest BCUT2D eigenvalue weighted by molar-refractivity contribution is 9.11. The lowest BCUT2D eigenvalue weighted by Crippen LogP contribution is -2.11. The number of Topliss-reactive ketones (excluding diaryl/α,β-unsaturated/α-hetero) is 1. The van der Waals surface area contributed by atoms with Crippen LogP contribution in [0.4, 0.5) is 0 Å². The molecule has 17 heavy (non-hydrogen) atoms. The summed E-state index contributed by atoms with van der Waals surface area (Å²) in [6, 6.07) is 4.13. The van der Waals surface area contributed by atoms with Gasteiger partial charge in [0.15, 0.2) is 0 Å². The molecule has 3 heteroatoms. The highest BCUT2D eigenvalue weighted by Crippen LogP contribution is 2.69. The molecule has 3 saturated carbocycles. The summed E-state index contributed by atoms with van der Waals surface area (Å²) in [6.45, 7) is 0. The Balaban J connectivity index is 1.46. The van der Waals surface area contributed by atoms with Crippen molar-refractivity contribution in [3.05, 3.63) is 20.8 Å². The fourth-order valence-electron chi connectivity index (χ4n) is 4.49. The molecule has 0 N–H and O–H groups in total. The molecule has 4 atom stereocenters. The maximum atomic E-state index is 12.3. The molecule has 1 nitrogen and oxygen atoms in total. The van der Waals surface area contributed by atoms with Gasteiger partial charge in [-0.15, -0.1) is 11.3 Å². The van der Waals surface area contributed by atoms with Gasteiger partial charge in [0.05, 0.1) is 3.79 Å². The summed E-state index contributed by atoms with van der Waals surface area (Å²) in [5.74, 6) is 4.38. The third-order valence-electron chi connectivity index (χ3n) is 5.08. The summed E-state index contributed by atoms with van der Waals surface area (Å²) < 4.78 is 1.14. The van der Waals surface area contributed by atoms with Gasteiger partial charge in [0.1, 0.15) is 5.78 Å². The highest BCUT2D eigenvalue weighted by atomic mass is 79.9. The number of fused-ring (bicyclic) bond motifs is 5. The summed E-state index contributed by atoms with van der Waals surface area (Å²) in [5, 5.41) is 0. The molecule has 3 fully saturated rings. The number of carbonyl (C=O) groups excluding carboxylic acids is 1. The van der Waals surface area contributed by atoms with Crippen molar-refractivity contribution in [2.75, 3.05) is 0 Å².